The summed E-state index contributed by atoms with van der Waals surface area (Å²) in [6.45, 7) is 3.52. The number of aryl methyl sites for hydroxylation is 1. The van der Waals surface area contributed by atoms with Crippen molar-refractivity contribution in [2.24, 2.45) is 0 Å². The fourth-order valence-corrected chi connectivity index (χ4v) is 1.43. The smallest absolute Gasteiger partial charge is 0.185 e. The fourth-order valence-electron chi connectivity index (χ4n) is 1.43. The molecule has 5 heteroatoms. The van der Waals surface area contributed by atoms with Crippen molar-refractivity contribution in [2.75, 3.05) is 0 Å². The molecule has 2 aromatic heterocycles. The summed E-state index contributed by atoms with van der Waals surface area (Å²) >= 11 is 0. The Morgan fingerprint density at radius 1 is 1.53 bits per heavy atom. The van der Waals surface area contributed by atoms with Gasteiger partial charge in [-0.25, -0.2) is 4.98 Å². The van der Waals surface area contributed by atoms with E-state index in [2.05, 4.69) is 10.1 Å². The molecule has 0 aromatic carbocycles. The van der Waals surface area contributed by atoms with Crippen LogP contribution in [-0.4, -0.2) is 25.6 Å². The average Bonchev–Trinajstić information content (AvgIpc) is 2.87. The van der Waals surface area contributed by atoms with Crippen molar-refractivity contribution in [1.82, 2.24) is 19.3 Å². The molecule has 0 aliphatic rings. The van der Waals surface area contributed by atoms with Gasteiger partial charge >= 0.3 is 0 Å². The van der Waals surface area contributed by atoms with Crippen molar-refractivity contribution in [3.05, 3.63) is 36.2 Å². The van der Waals surface area contributed by atoms with Crippen LogP contribution in [0, 0.1) is 0 Å². The van der Waals surface area contributed by atoms with Crippen LogP contribution in [0.15, 0.2) is 24.8 Å². The molecule has 2 aromatic rings. The normalized spacial score (nSPS) is 10.5. The lowest BCUT2D eigenvalue weighted by molar-refractivity contribution is 0.111. The number of nitrogens with zero attached hydrogens (tertiary/aromatic N) is 4. The maximum absolute atomic E-state index is 10.6. The molecule has 0 aliphatic heterocycles. The number of hydrogen-bond donors (Lipinski definition) is 0. The summed E-state index contributed by atoms with van der Waals surface area (Å²) < 4.78 is 3.65. The van der Waals surface area contributed by atoms with Gasteiger partial charge in [0.25, 0.3) is 0 Å². The summed E-state index contributed by atoms with van der Waals surface area (Å²) in [4.78, 5) is 14.6. The highest BCUT2D eigenvalue weighted by Gasteiger charge is 2.03. The van der Waals surface area contributed by atoms with Gasteiger partial charge in [0, 0.05) is 30.7 Å². The summed E-state index contributed by atoms with van der Waals surface area (Å²) in [7, 11) is 0. The molecular formula is C10H12N4O. The van der Waals surface area contributed by atoms with Crippen LogP contribution in [0.5, 0.6) is 0 Å². The predicted molar refractivity (Wildman–Crippen MR) is 54.6 cm³/mol. The van der Waals surface area contributed by atoms with E-state index in [4.69, 9.17) is 0 Å². The van der Waals surface area contributed by atoms with Crippen molar-refractivity contribution in [2.45, 2.75) is 20.0 Å². The first-order chi connectivity index (χ1) is 7.33. The zero-order valence-electron chi connectivity index (χ0n) is 8.50. The number of aromatic nitrogens is 4. The Labute approximate surface area is 87.4 Å². The molecule has 0 atom stereocenters. The highest BCUT2D eigenvalue weighted by molar-refractivity contribution is 5.69. The van der Waals surface area contributed by atoms with Crippen LogP contribution in [0.1, 0.15) is 23.1 Å². The Morgan fingerprint density at radius 2 is 2.40 bits per heavy atom. The van der Waals surface area contributed by atoms with E-state index in [0.29, 0.717) is 12.4 Å². The van der Waals surface area contributed by atoms with Crippen molar-refractivity contribution in [1.29, 1.82) is 0 Å². The van der Waals surface area contributed by atoms with Crippen LogP contribution in [0.25, 0.3) is 0 Å². The second-order valence-electron chi connectivity index (χ2n) is 3.24. The Morgan fingerprint density at radius 3 is 3.07 bits per heavy atom. The molecule has 0 spiro atoms. The lowest BCUT2D eigenvalue weighted by Crippen LogP contribution is -2.02. The van der Waals surface area contributed by atoms with E-state index in [1.165, 1.54) is 0 Å². The highest BCUT2D eigenvalue weighted by atomic mass is 16.1. The van der Waals surface area contributed by atoms with E-state index in [1.54, 1.807) is 23.2 Å². The summed E-state index contributed by atoms with van der Waals surface area (Å²) in [6.07, 6.45) is 7.93. The Hall–Kier alpha value is -1.91. The van der Waals surface area contributed by atoms with Gasteiger partial charge in [0.2, 0.25) is 0 Å². The van der Waals surface area contributed by atoms with Crippen LogP contribution < -0.4 is 0 Å². The first-order valence-corrected chi connectivity index (χ1v) is 4.81. The van der Waals surface area contributed by atoms with Crippen LogP contribution >= 0.6 is 0 Å². The van der Waals surface area contributed by atoms with Gasteiger partial charge in [0.1, 0.15) is 0 Å². The van der Waals surface area contributed by atoms with Gasteiger partial charge in [-0.2, -0.15) is 5.10 Å². The molecule has 0 saturated carbocycles. The highest BCUT2D eigenvalue weighted by Crippen LogP contribution is 2.03. The molecule has 0 aliphatic carbocycles. The Kier molecular flexibility index (Phi) is 2.62. The SMILES string of the molecule is CCn1cc(Cn2ccnc2C=O)cn1. The number of aldehydes is 1. The predicted octanol–water partition coefficient (Wildman–Crippen LogP) is 0.960. The Balaban J connectivity index is 2.17. The standard InChI is InChI=1S/C10H12N4O/c1-2-14-7-9(5-12-14)6-13-4-3-11-10(13)8-15/h3-5,7-8H,2,6H2,1H3. The lowest BCUT2D eigenvalue weighted by atomic mass is 10.3. The first-order valence-electron chi connectivity index (χ1n) is 4.81. The van der Waals surface area contributed by atoms with E-state index >= 15 is 0 Å². The van der Waals surface area contributed by atoms with Crippen LogP contribution in [0.3, 0.4) is 0 Å². The second kappa shape index (κ2) is 4.08. The van der Waals surface area contributed by atoms with Gasteiger partial charge in [-0.15, -0.1) is 0 Å². The van der Waals surface area contributed by atoms with Crippen LogP contribution in [0.2, 0.25) is 0 Å². The fraction of sp³-hybridized carbons (Fsp3) is 0.300. The van der Waals surface area contributed by atoms with Gasteiger partial charge in [-0.05, 0) is 6.92 Å². The minimum atomic E-state index is 0.444. The minimum absolute atomic E-state index is 0.444. The van der Waals surface area contributed by atoms with E-state index < -0.39 is 0 Å². The summed E-state index contributed by atoms with van der Waals surface area (Å²) in [5.41, 5.74) is 1.07. The molecule has 78 valence electrons. The molecule has 15 heavy (non-hydrogen) atoms. The van der Waals surface area contributed by atoms with Gasteiger partial charge < -0.3 is 4.57 Å². The third-order valence-electron chi connectivity index (χ3n) is 2.22. The lowest BCUT2D eigenvalue weighted by Gasteiger charge is -2.00. The van der Waals surface area contributed by atoms with Crippen LogP contribution in [-0.2, 0) is 13.1 Å². The molecule has 2 heterocycles. The molecule has 0 N–H and O–H groups in total. The van der Waals surface area contributed by atoms with Crippen molar-refractivity contribution in [3.63, 3.8) is 0 Å². The van der Waals surface area contributed by atoms with Gasteiger partial charge in [0.15, 0.2) is 12.1 Å². The maximum atomic E-state index is 10.6. The molecule has 0 saturated heterocycles. The van der Waals surface area contributed by atoms with E-state index in [1.807, 2.05) is 17.8 Å². The largest absolute Gasteiger partial charge is 0.324 e. The zero-order valence-corrected chi connectivity index (χ0v) is 8.50. The summed E-state index contributed by atoms with van der Waals surface area (Å²) in [6, 6.07) is 0. The minimum Gasteiger partial charge on any atom is -0.324 e. The van der Waals surface area contributed by atoms with Crippen molar-refractivity contribution in [3.8, 4) is 0 Å². The molecule has 5 nitrogen and oxygen atoms in total. The molecule has 0 fully saturated rings. The topological polar surface area (TPSA) is 52.7 Å². The number of carbonyl (C=O) groups is 1. The third-order valence-corrected chi connectivity index (χ3v) is 2.22. The summed E-state index contributed by atoms with van der Waals surface area (Å²) in [5, 5.41) is 4.17. The van der Waals surface area contributed by atoms with Gasteiger partial charge in [0.05, 0.1) is 12.7 Å². The molecular weight excluding hydrogens is 192 g/mol. The zero-order chi connectivity index (χ0) is 10.7. The molecule has 0 bridgehead atoms. The summed E-state index contributed by atoms with van der Waals surface area (Å²) in [5.74, 6) is 0.444. The number of imidazole rings is 1. The number of hydrogen-bond acceptors (Lipinski definition) is 3. The average molecular weight is 204 g/mol. The first kappa shape index (κ1) is 9.64. The van der Waals surface area contributed by atoms with E-state index in [0.717, 1.165) is 18.4 Å². The third kappa shape index (κ3) is 1.96. The second-order valence-corrected chi connectivity index (χ2v) is 3.24. The quantitative estimate of drug-likeness (QED) is 0.697. The molecule has 2 rings (SSSR count). The Bertz CT molecular complexity index is 457. The van der Waals surface area contributed by atoms with Gasteiger partial charge in [-0.3, -0.25) is 9.48 Å². The van der Waals surface area contributed by atoms with E-state index in [-0.39, 0.29) is 0 Å². The van der Waals surface area contributed by atoms with Crippen molar-refractivity contribution >= 4 is 6.29 Å². The van der Waals surface area contributed by atoms with Gasteiger partial charge in [-0.1, -0.05) is 0 Å². The molecule has 0 radical (unpaired) electrons. The number of carbonyl (C=O) groups excluding carboxylic acids is 1. The van der Waals surface area contributed by atoms with Crippen LogP contribution in [0.4, 0.5) is 0 Å². The van der Waals surface area contributed by atoms with E-state index in [9.17, 15) is 4.79 Å². The molecule has 0 unspecified atom stereocenters. The maximum Gasteiger partial charge on any atom is 0.185 e. The van der Waals surface area contributed by atoms with Crippen molar-refractivity contribution < 1.29 is 4.79 Å². The number of rotatable bonds is 4. The molecule has 0 amide bonds. The monoisotopic (exact) mass is 204 g/mol.